The fraction of sp³-hybridized carbons (Fsp3) is 0.250. The first-order valence-electron chi connectivity index (χ1n) is 5.40. The number of carbonyl (C=O) groups excluding carboxylic acids is 2. The fourth-order valence-electron chi connectivity index (χ4n) is 1.38. The van der Waals surface area contributed by atoms with Gasteiger partial charge < -0.3 is 15.2 Å². The summed E-state index contributed by atoms with van der Waals surface area (Å²) in [5.41, 5.74) is 0.266. The summed E-state index contributed by atoms with van der Waals surface area (Å²) in [4.78, 5) is 34.1. The van der Waals surface area contributed by atoms with Crippen LogP contribution < -0.4 is 5.32 Å². The van der Waals surface area contributed by atoms with Gasteiger partial charge in [0.1, 0.15) is 6.04 Å². The minimum Gasteiger partial charge on any atom is -0.480 e. The van der Waals surface area contributed by atoms with Gasteiger partial charge in [0.25, 0.3) is 5.91 Å². The number of benzene rings is 1. The zero-order chi connectivity index (χ0) is 15.3. The quantitative estimate of drug-likeness (QED) is 0.726. The molecule has 6 nitrogen and oxygen atoms in total. The number of esters is 1. The smallest absolute Gasteiger partial charge is 0.326 e. The molecule has 0 heterocycles. The lowest BCUT2D eigenvalue weighted by Crippen LogP contribution is -2.42. The molecule has 1 aromatic carbocycles. The van der Waals surface area contributed by atoms with Crippen molar-refractivity contribution in [1.29, 1.82) is 0 Å². The summed E-state index contributed by atoms with van der Waals surface area (Å²) in [6, 6.07) is 3.47. The maximum atomic E-state index is 12.0. The molecule has 0 radical (unpaired) electrons. The number of amides is 1. The summed E-state index contributed by atoms with van der Waals surface area (Å²) in [5.74, 6) is -2.62. The number of carboxylic acids is 1. The molecule has 0 fully saturated rings. The average molecular weight is 409 g/mol. The summed E-state index contributed by atoms with van der Waals surface area (Å²) >= 11 is 6.45. The predicted molar refractivity (Wildman–Crippen MR) is 77.4 cm³/mol. The van der Waals surface area contributed by atoms with E-state index in [-0.39, 0.29) is 5.56 Å². The number of hydrogen-bond donors (Lipinski definition) is 2. The SMILES string of the molecule is COC(=O)C[C@H](NC(=O)c1cc(Br)cc(Br)c1)C(=O)O. The Balaban J connectivity index is 2.85. The summed E-state index contributed by atoms with van der Waals surface area (Å²) in [6.07, 6.45) is -0.438. The average Bonchev–Trinajstić information content (AvgIpc) is 2.36. The van der Waals surface area contributed by atoms with Crippen molar-refractivity contribution in [2.45, 2.75) is 12.5 Å². The van der Waals surface area contributed by atoms with E-state index in [0.717, 1.165) is 7.11 Å². The second-order valence-electron chi connectivity index (χ2n) is 3.80. The van der Waals surface area contributed by atoms with Crippen molar-refractivity contribution in [2.75, 3.05) is 7.11 Å². The Kier molecular flexibility index (Phi) is 6.15. The molecular weight excluding hydrogens is 398 g/mol. The lowest BCUT2D eigenvalue weighted by Gasteiger charge is -2.13. The molecule has 108 valence electrons. The number of nitrogens with one attached hydrogen (secondary N) is 1. The highest BCUT2D eigenvalue weighted by molar-refractivity contribution is 9.11. The van der Waals surface area contributed by atoms with E-state index in [9.17, 15) is 14.4 Å². The molecule has 20 heavy (non-hydrogen) atoms. The van der Waals surface area contributed by atoms with E-state index in [2.05, 4.69) is 41.9 Å². The summed E-state index contributed by atoms with van der Waals surface area (Å²) in [7, 11) is 1.15. The van der Waals surface area contributed by atoms with E-state index in [1.54, 1.807) is 6.07 Å². The molecule has 0 spiro atoms. The number of carboxylic acid groups (broad SMARTS) is 1. The van der Waals surface area contributed by atoms with E-state index in [1.165, 1.54) is 12.1 Å². The van der Waals surface area contributed by atoms with Crippen LogP contribution in [0.5, 0.6) is 0 Å². The Morgan fingerprint density at radius 2 is 1.80 bits per heavy atom. The molecule has 0 aromatic heterocycles. The van der Waals surface area contributed by atoms with E-state index >= 15 is 0 Å². The molecule has 8 heteroatoms. The second-order valence-corrected chi connectivity index (χ2v) is 5.63. The third kappa shape index (κ3) is 4.93. The Bertz CT molecular complexity index is 526. The van der Waals surface area contributed by atoms with Crippen molar-refractivity contribution < 1.29 is 24.2 Å². The first kappa shape index (κ1) is 16.6. The lowest BCUT2D eigenvalue weighted by molar-refractivity contribution is -0.147. The van der Waals surface area contributed by atoms with Gasteiger partial charge in [-0.25, -0.2) is 4.79 Å². The lowest BCUT2D eigenvalue weighted by atomic mass is 10.1. The molecule has 0 bridgehead atoms. The van der Waals surface area contributed by atoms with E-state index < -0.39 is 30.3 Å². The Morgan fingerprint density at radius 1 is 1.25 bits per heavy atom. The minimum absolute atomic E-state index is 0.266. The van der Waals surface area contributed by atoms with Crippen LogP contribution in [0.25, 0.3) is 0 Å². The number of aliphatic carboxylic acids is 1. The third-order valence-electron chi connectivity index (χ3n) is 2.33. The molecule has 0 unspecified atom stereocenters. The zero-order valence-electron chi connectivity index (χ0n) is 10.4. The number of methoxy groups -OCH3 is 1. The molecule has 0 aliphatic carbocycles. The predicted octanol–water partition coefficient (Wildman–Crippen LogP) is 1.96. The van der Waals surface area contributed by atoms with Crippen molar-refractivity contribution in [2.24, 2.45) is 0 Å². The van der Waals surface area contributed by atoms with Crippen LogP contribution in [0, 0.1) is 0 Å². The molecule has 1 atom stereocenters. The number of carbonyl (C=O) groups is 3. The van der Waals surface area contributed by atoms with Crippen LogP contribution in [0.2, 0.25) is 0 Å². The molecule has 1 aromatic rings. The minimum atomic E-state index is -1.34. The van der Waals surface area contributed by atoms with Gasteiger partial charge in [0, 0.05) is 14.5 Å². The Hall–Kier alpha value is -1.41. The number of ether oxygens (including phenoxy) is 1. The molecule has 2 N–H and O–H groups in total. The van der Waals surface area contributed by atoms with Gasteiger partial charge in [-0.3, -0.25) is 9.59 Å². The summed E-state index contributed by atoms with van der Waals surface area (Å²) in [5, 5.41) is 11.3. The van der Waals surface area contributed by atoms with Gasteiger partial charge >= 0.3 is 11.9 Å². The van der Waals surface area contributed by atoms with Crippen LogP contribution in [-0.4, -0.2) is 36.1 Å². The first-order valence-corrected chi connectivity index (χ1v) is 6.98. The van der Waals surface area contributed by atoms with E-state index in [0.29, 0.717) is 8.95 Å². The number of rotatable bonds is 5. The molecule has 0 aliphatic rings. The molecule has 0 saturated carbocycles. The van der Waals surface area contributed by atoms with Gasteiger partial charge in [0.15, 0.2) is 0 Å². The van der Waals surface area contributed by atoms with Gasteiger partial charge in [-0.05, 0) is 18.2 Å². The van der Waals surface area contributed by atoms with Crippen molar-refractivity contribution in [3.8, 4) is 0 Å². The maximum Gasteiger partial charge on any atom is 0.326 e. The van der Waals surface area contributed by atoms with Gasteiger partial charge in [0.05, 0.1) is 13.5 Å². The maximum absolute atomic E-state index is 12.0. The monoisotopic (exact) mass is 407 g/mol. The van der Waals surface area contributed by atoms with Gasteiger partial charge in [-0.15, -0.1) is 0 Å². The second kappa shape index (κ2) is 7.39. The fourth-order valence-corrected chi connectivity index (χ4v) is 2.67. The number of halogens is 2. The largest absolute Gasteiger partial charge is 0.480 e. The van der Waals surface area contributed by atoms with Crippen molar-refractivity contribution in [3.05, 3.63) is 32.7 Å². The molecule has 0 aliphatic heterocycles. The van der Waals surface area contributed by atoms with Crippen LogP contribution in [0.1, 0.15) is 16.8 Å². The Labute approximate surface area is 131 Å². The third-order valence-corrected chi connectivity index (χ3v) is 3.24. The van der Waals surface area contributed by atoms with E-state index in [1.807, 2.05) is 0 Å². The molecule has 1 rings (SSSR count). The van der Waals surface area contributed by atoms with Crippen molar-refractivity contribution in [1.82, 2.24) is 5.32 Å². The normalized spacial score (nSPS) is 11.6. The van der Waals surface area contributed by atoms with Crippen molar-refractivity contribution >= 4 is 49.7 Å². The van der Waals surface area contributed by atoms with Gasteiger partial charge in [-0.1, -0.05) is 31.9 Å². The Morgan fingerprint density at radius 3 is 2.25 bits per heavy atom. The van der Waals surface area contributed by atoms with Crippen molar-refractivity contribution in [3.63, 3.8) is 0 Å². The topological polar surface area (TPSA) is 92.7 Å². The van der Waals surface area contributed by atoms with Gasteiger partial charge in [-0.2, -0.15) is 0 Å². The van der Waals surface area contributed by atoms with Crippen LogP contribution in [-0.2, 0) is 14.3 Å². The highest BCUT2D eigenvalue weighted by atomic mass is 79.9. The number of hydrogen-bond acceptors (Lipinski definition) is 4. The molecule has 0 saturated heterocycles. The molecule has 1 amide bonds. The summed E-state index contributed by atoms with van der Waals surface area (Å²) in [6.45, 7) is 0. The standard InChI is InChI=1S/C12H11Br2NO5/c1-20-10(16)5-9(12(18)19)15-11(17)6-2-7(13)4-8(14)3-6/h2-4,9H,5H2,1H3,(H,15,17)(H,18,19)/t9-/m0/s1. The van der Waals surface area contributed by atoms with Crippen LogP contribution in [0.3, 0.4) is 0 Å². The molecular formula is C12H11Br2NO5. The zero-order valence-corrected chi connectivity index (χ0v) is 13.5. The highest BCUT2D eigenvalue weighted by Crippen LogP contribution is 2.20. The van der Waals surface area contributed by atoms with Crippen LogP contribution >= 0.6 is 31.9 Å². The van der Waals surface area contributed by atoms with Crippen LogP contribution in [0.15, 0.2) is 27.1 Å². The first-order chi connectivity index (χ1) is 9.33. The van der Waals surface area contributed by atoms with Gasteiger partial charge in [0.2, 0.25) is 0 Å². The summed E-state index contributed by atoms with van der Waals surface area (Å²) < 4.78 is 5.72. The highest BCUT2D eigenvalue weighted by Gasteiger charge is 2.24. The van der Waals surface area contributed by atoms with Crippen LogP contribution in [0.4, 0.5) is 0 Å². The van der Waals surface area contributed by atoms with E-state index in [4.69, 9.17) is 5.11 Å².